The quantitative estimate of drug-likeness (QED) is 0.753. The molecule has 1 unspecified atom stereocenters. The van der Waals surface area contributed by atoms with Crippen molar-refractivity contribution >= 4 is 34.8 Å². The van der Waals surface area contributed by atoms with E-state index in [-0.39, 0.29) is 30.7 Å². The Bertz CT molecular complexity index is 1080. The van der Waals surface area contributed by atoms with Gasteiger partial charge in [-0.2, -0.15) is 0 Å². The molecule has 0 aromatic heterocycles. The van der Waals surface area contributed by atoms with Gasteiger partial charge in [0.15, 0.2) is 0 Å². The van der Waals surface area contributed by atoms with Gasteiger partial charge >= 0.3 is 0 Å². The molecule has 2 saturated heterocycles. The van der Waals surface area contributed by atoms with Gasteiger partial charge in [0.2, 0.25) is 11.8 Å². The Hall–Kier alpha value is -3.35. The van der Waals surface area contributed by atoms with Crippen LogP contribution in [0.25, 0.3) is 0 Å². The summed E-state index contributed by atoms with van der Waals surface area (Å²) in [5, 5.41) is 2.95. The summed E-state index contributed by atoms with van der Waals surface area (Å²) in [5.41, 5.74) is 2.38. The lowest BCUT2D eigenvalue weighted by Gasteiger charge is -2.48. The van der Waals surface area contributed by atoms with E-state index in [0.717, 1.165) is 18.8 Å². The molecule has 2 fully saturated rings. The van der Waals surface area contributed by atoms with Crippen molar-refractivity contribution in [3.05, 3.63) is 54.1 Å². The number of benzene rings is 2. The van der Waals surface area contributed by atoms with Crippen molar-refractivity contribution in [1.82, 2.24) is 4.90 Å². The third-order valence-electron chi connectivity index (χ3n) is 7.18. The van der Waals surface area contributed by atoms with E-state index in [4.69, 9.17) is 0 Å². The zero-order chi connectivity index (χ0) is 23.0. The Morgan fingerprint density at radius 3 is 2.48 bits per heavy atom. The van der Waals surface area contributed by atoms with Crippen molar-refractivity contribution in [2.45, 2.75) is 51.1 Å². The van der Waals surface area contributed by atoms with E-state index in [0.29, 0.717) is 24.1 Å². The number of amides is 3. The molecule has 172 valence electrons. The highest BCUT2D eigenvalue weighted by molar-refractivity contribution is 6.10. The van der Waals surface area contributed by atoms with Gasteiger partial charge in [-0.1, -0.05) is 12.1 Å². The van der Waals surface area contributed by atoms with Gasteiger partial charge in [-0.05, 0) is 69.0 Å². The molecule has 33 heavy (non-hydrogen) atoms. The van der Waals surface area contributed by atoms with Gasteiger partial charge in [0.05, 0.1) is 11.3 Å². The van der Waals surface area contributed by atoms with Crippen LogP contribution in [0.15, 0.2) is 48.5 Å². The zero-order valence-electron chi connectivity index (χ0n) is 19.0. The van der Waals surface area contributed by atoms with Crippen molar-refractivity contribution in [1.29, 1.82) is 0 Å². The van der Waals surface area contributed by atoms with E-state index in [2.05, 4.69) is 22.3 Å². The average molecular weight is 447 g/mol. The molecule has 7 nitrogen and oxygen atoms in total. The first-order valence-corrected chi connectivity index (χ1v) is 11.9. The molecule has 3 aliphatic rings. The lowest BCUT2D eigenvalue weighted by atomic mass is 9.98. The number of hydrogen-bond donors (Lipinski definition) is 1. The Kier molecular flexibility index (Phi) is 5.56. The number of para-hydroxylation sites is 1. The first-order chi connectivity index (χ1) is 16.0. The molecule has 2 aromatic rings. The van der Waals surface area contributed by atoms with E-state index in [1.807, 2.05) is 31.2 Å². The molecule has 3 aliphatic heterocycles. The summed E-state index contributed by atoms with van der Waals surface area (Å²) in [6.45, 7) is 4.34. The second kappa shape index (κ2) is 8.54. The smallest absolute Gasteiger partial charge is 0.257 e. The first kappa shape index (κ1) is 21.5. The summed E-state index contributed by atoms with van der Waals surface area (Å²) < 4.78 is 0. The second-order valence-electron chi connectivity index (χ2n) is 9.31. The summed E-state index contributed by atoms with van der Waals surface area (Å²) in [5.74, 6) is -0.259. The van der Waals surface area contributed by atoms with Crippen LogP contribution in [0.1, 0.15) is 55.8 Å². The van der Waals surface area contributed by atoms with Gasteiger partial charge in [0, 0.05) is 43.9 Å². The molecule has 3 amide bonds. The fourth-order valence-corrected chi connectivity index (χ4v) is 5.39. The van der Waals surface area contributed by atoms with E-state index in [1.165, 1.54) is 24.9 Å². The third kappa shape index (κ3) is 3.86. The predicted octanol–water partition coefficient (Wildman–Crippen LogP) is 4.00. The van der Waals surface area contributed by atoms with E-state index in [9.17, 15) is 14.4 Å². The number of nitrogens with one attached hydrogen (secondary N) is 1. The Balaban J connectivity index is 1.26. The molecular weight excluding hydrogens is 416 g/mol. The largest absolute Gasteiger partial charge is 0.372 e. The zero-order valence-corrected chi connectivity index (χ0v) is 19.0. The highest BCUT2D eigenvalue weighted by Gasteiger charge is 2.52. The van der Waals surface area contributed by atoms with Gasteiger partial charge in [0.25, 0.3) is 5.91 Å². The number of hydrogen-bond acceptors (Lipinski definition) is 4. The molecule has 1 N–H and O–H groups in total. The molecule has 7 heteroatoms. The molecule has 2 aromatic carbocycles. The Morgan fingerprint density at radius 2 is 1.73 bits per heavy atom. The van der Waals surface area contributed by atoms with Crippen LogP contribution in [-0.4, -0.2) is 47.9 Å². The number of rotatable bonds is 5. The molecule has 0 bridgehead atoms. The lowest BCUT2D eigenvalue weighted by Crippen LogP contribution is -2.62. The number of carbonyl (C=O) groups excluding carboxylic acids is 3. The average Bonchev–Trinajstić information content (AvgIpc) is 3.15. The predicted molar refractivity (Wildman–Crippen MR) is 128 cm³/mol. The summed E-state index contributed by atoms with van der Waals surface area (Å²) in [6.07, 6.45) is 4.86. The monoisotopic (exact) mass is 446 g/mol. The lowest BCUT2D eigenvalue weighted by molar-refractivity contribution is -0.117. The molecular formula is C26H30N4O3. The summed E-state index contributed by atoms with van der Waals surface area (Å²) in [7, 11) is 0. The Morgan fingerprint density at radius 1 is 1.00 bits per heavy atom. The third-order valence-corrected chi connectivity index (χ3v) is 7.18. The SMILES string of the molecule is CC12CCC(=O)N1c1ccccc1C(=O)N2CCC(=O)Nc1ccc(N2CCCCC2)cc1. The fraction of sp³-hybridized carbons (Fsp3) is 0.423. The maximum atomic E-state index is 13.3. The van der Waals surface area contributed by atoms with Crippen LogP contribution >= 0.6 is 0 Å². The van der Waals surface area contributed by atoms with Gasteiger partial charge in [-0.25, -0.2) is 0 Å². The van der Waals surface area contributed by atoms with Crippen LogP contribution in [0, 0.1) is 0 Å². The van der Waals surface area contributed by atoms with Gasteiger partial charge in [0.1, 0.15) is 5.66 Å². The Labute approximate surface area is 194 Å². The topological polar surface area (TPSA) is 73.0 Å². The van der Waals surface area contributed by atoms with Crippen LogP contribution in [-0.2, 0) is 9.59 Å². The van der Waals surface area contributed by atoms with Crippen molar-refractivity contribution in [2.24, 2.45) is 0 Å². The number of carbonyl (C=O) groups is 3. The second-order valence-corrected chi connectivity index (χ2v) is 9.31. The highest BCUT2D eigenvalue weighted by Crippen LogP contribution is 2.44. The fourth-order valence-electron chi connectivity index (χ4n) is 5.39. The van der Waals surface area contributed by atoms with Crippen molar-refractivity contribution < 1.29 is 14.4 Å². The van der Waals surface area contributed by atoms with Crippen LogP contribution in [0.2, 0.25) is 0 Å². The summed E-state index contributed by atoms with van der Waals surface area (Å²) in [4.78, 5) is 44.5. The standard InChI is InChI=1S/C26H30N4O3/c1-26-15-13-24(32)30(26)22-8-4-3-7-21(22)25(33)29(26)18-14-23(31)27-19-9-11-20(12-10-19)28-16-5-2-6-17-28/h3-4,7-12H,2,5-6,13-18H2,1H3,(H,27,31). The van der Waals surface area contributed by atoms with Gasteiger partial charge < -0.3 is 15.1 Å². The molecule has 5 rings (SSSR count). The maximum Gasteiger partial charge on any atom is 0.257 e. The number of fused-ring (bicyclic) bond motifs is 3. The van der Waals surface area contributed by atoms with E-state index >= 15 is 0 Å². The normalized spacial score (nSPS) is 22.3. The molecule has 0 saturated carbocycles. The molecule has 3 heterocycles. The van der Waals surface area contributed by atoms with E-state index < -0.39 is 5.66 Å². The van der Waals surface area contributed by atoms with E-state index in [1.54, 1.807) is 21.9 Å². The van der Waals surface area contributed by atoms with Crippen LogP contribution < -0.4 is 15.1 Å². The molecule has 0 radical (unpaired) electrons. The molecule has 0 spiro atoms. The highest BCUT2D eigenvalue weighted by atomic mass is 16.2. The molecule has 0 aliphatic carbocycles. The van der Waals surface area contributed by atoms with Gasteiger partial charge in [-0.3, -0.25) is 19.3 Å². The molecule has 1 atom stereocenters. The van der Waals surface area contributed by atoms with Crippen LogP contribution in [0.3, 0.4) is 0 Å². The number of nitrogens with zero attached hydrogens (tertiary/aromatic N) is 3. The van der Waals surface area contributed by atoms with Crippen molar-refractivity contribution in [3.63, 3.8) is 0 Å². The van der Waals surface area contributed by atoms with Crippen LogP contribution in [0.5, 0.6) is 0 Å². The first-order valence-electron chi connectivity index (χ1n) is 11.9. The number of anilines is 3. The maximum absolute atomic E-state index is 13.3. The van der Waals surface area contributed by atoms with Crippen LogP contribution in [0.4, 0.5) is 17.1 Å². The van der Waals surface area contributed by atoms with Gasteiger partial charge in [-0.15, -0.1) is 0 Å². The summed E-state index contributed by atoms with van der Waals surface area (Å²) >= 11 is 0. The minimum absolute atomic E-state index is 0.0145. The number of piperidine rings is 1. The van der Waals surface area contributed by atoms with Crippen molar-refractivity contribution in [3.8, 4) is 0 Å². The minimum atomic E-state index is -0.737. The summed E-state index contributed by atoms with van der Waals surface area (Å²) in [6, 6.07) is 15.2. The van der Waals surface area contributed by atoms with Crippen molar-refractivity contribution in [2.75, 3.05) is 34.8 Å². The minimum Gasteiger partial charge on any atom is -0.372 e.